The highest BCUT2D eigenvalue weighted by Gasteiger charge is 2.42. The van der Waals surface area contributed by atoms with Crippen LogP contribution in [0.2, 0.25) is 0 Å². The van der Waals surface area contributed by atoms with Crippen molar-refractivity contribution in [3.63, 3.8) is 0 Å². The van der Waals surface area contributed by atoms with Crippen molar-refractivity contribution in [3.8, 4) is 0 Å². The molecule has 1 fully saturated rings. The monoisotopic (exact) mass is 292 g/mol. The molecule has 0 aromatic heterocycles. The molecular weight excluding hydrogens is 272 g/mol. The number of rotatable bonds is 6. The molecule has 0 atom stereocenters. The van der Waals surface area contributed by atoms with Gasteiger partial charge in [-0.25, -0.2) is 4.79 Å². The number of likely N-dealkylation sites (tertiary alicyclic amines) is 1. The van der Waals surface area contributed by atoms with Crippen molar-refractivity contribution in [1.82, 2.24) is 4.90 Å². The highest BCUT2D eigenvalue weighted by Crippen LogP contribution is 2.26. The van der Waals surface area contributed by atoms with Crippen LogP contribution in [0, 0.1) is 0 Å². The van der Waals surface area contributed by atoms with Gasteiger partial charge >= 0.3 is 5.97 Å². The zero-order valence-corrected chi connectivity index (χ0v) is 12.0. The Morgan fingerprint density at radius 1 is 1.33 bits per heavy atom. The van der Waals surface area contributed by atoms with Crippen molar-refractivity contribution in [2.45, 2.75) is 18.9 Å². The van der Waals surface area contributed by atoms with Crippen molar-refractivity contribution in [2.24, 2.45) is 5.73 Å². The Morgan fingerprint density at radius 2 is 1.95 bits per heavy atom. The summed E-state index contributed by atoms with van der Waals surface area (Å²) in [5.74, 6) is -1.07. The van der Waals surface area contributed by atoms with E-state index in [1.54, 1.807) is 17.0 Å². The lowest BCUT2D eigenvalue weighted by molar-refractivity contribution is -0.159. The van der Waals surface area contributed by atoms with E-state index in [1.165, 1.54) is 0 Å². The number of carboxylic acids is 1. The SMILES string of the molecule is CC1(OCC(=O)O)CN(C(=O)c2ccc(CCN)cc2)C1. The van der Waals surface area contributed by atoms with Crippen LogP contribution >= 0.6 is 0 Å². The molecule has 1 heterocycles. The molecule has 6 heteroatoms. The number of hydrogen-bond donors (Lipinski definition) is 2. The molecule has 6 nitrogen and oxygen atoms in total. The van der Waals surface area contributed by atoms with Crippen LogP contribution in [0.25, 0.3) is 0 Å². The molecule has 1 aliphatic heterocycles. The third kappa shape index (κ3) is 3.80. The second-order valence-corrected chi connectivity index (χ2v) is 5.53. The smallest absolute Gasteiger partial charge is 0.329 e. The molecule has 0 unspecified atom stereocenters. The van der Waals surface area contributed by atoms with Gasteiger partial charge in [0.05, 0.1) is 13.1 Å². The number of nitrogens with two attached hydrogens (primary N) is 1. The Hall–Kier alpha value is -1.92. The van der Waals surface area contributed by atoms with Crippen molar-refractivity contribution in [3.05, 3.63) is 35.4 Å². The van der Waals surface area contributed by atoms with Crippen LogP contribution in [0.4, 0.5) is 0 Å². The van der Waals surface area contributed by atoms with E-state index in [1.807, 2.05) is 19.1 Å². The highest BCUT2D eigenvalue weighted by atomic mass is 16.5. The van der Waals surface area contributed by atoms with Gasteiger partial charge in [-0.05, 0) is 37.6 Å². The highest BCUT2D eigenvalue weighted by molar-refractivity contribution is 5.95. The molecule has 3 N–H and O–H groups in total. The fraction of sp³-hybridized carbons (Fsp3) is 0.467. The molecule has 0 spiro atoms. The topological polar surface area (TPSA) is 92.9 Å². The first-order valence-electron chi connectivity index (χ1n) is 6.87. The molecular formula is C15H20N2O4. The Balaban J connectivity index is 1.89. The van der Waals surface area contributed by atoms with E-state index < -0.39 is 11.6 Å². The lowest BCUT2D eigenvalue weighted by Gasteiger charge is -2.47. The second kappa shape index (κ2) is 6.24. The summed E-state index contributed by atoms with van der Waals surface area (Å²) in [6.45, 7) is 2.86. The summed E-state index contributed by atoms with van der Waals surface area (Å²) in [6, 6.07) is 7.39. The van der Waals surface area contributed by atoms with E-state index in [2.05, 4.69) is 0 Å². The Bertz CT molecular complexity index is 521. The summed E-state index contributed by atoms with van der Waals surface area (Å²) < 4.78 is 5.29. The molecule has 21 heavy (non-hydrogen) atoms. The minimum atomic E-state index is -1.00. The number of carboxylic acid groups (broad SMARTS) is 1. The molecule has 0 aliphatic carbocycles. The third-order valence-electron chi connectivity index (χ3n) is 3.52. The number of benzene rings is 1. The summed E-state index contributed by atoms with van der Waals surface area (Å²) in [5, 5.41) is 8.60. The number of carbonyl (C=O) groups is 2. The fourth-order valence-corrected chi connectivity index (χ4v) is 2.40. The van der Waals surface area contributed by atoms with Crippen molar-refractivity contribution < 1.29 is 19.4 Å². The molecule has 0 radical (unpaired) electrons. The van der Waals surface area contributed by atoms with Gasteiger partial charge in [0.2, 0.25) is 0 Å². The standard InChI is InChI=1S/C15H20N2O4/c1-15(21-8-13(18)19)9-17(10-15)14(20)12-4-2-11(3-5-12)6-7-16/h2-5H,6-10,16H2,1H3,(H,18,19). The van der Waals surface area contributed by atoms with Gasteiger partial charge in [-0.3, -0.25) is 4.79 Å². The van der Waals surface area contributed by atoms with Crippen LogP contribution in [-0.4, -0.2) is 53.7 Å². The molecule has 2 rings (SSSR count). The van der Waals surface area contributed by atoms with Gasteiger partial charge in [0, 0.05) is 5.56 Å². The predicted molar refractivity (Wildman–Crippen MR) is 77.1 cm³/mol. The van der Waals surface area contributed by atoms with Gasteiger partial charge in [0.25, 0.3) is 5.91 Å². The molecule has 1 amide bonds. The molecule has 1 aromatic carbocycles. The number of amides is 1. The molecule has 114 valence electrons. The average Bonchev–Trinajstić information content (AvgIpc) is 2.42. The Kier molecular flexibility index (Phi) is 4.59. The molecule has 1 aliphatic rings. The fourth-order valence-electron chi connectivity index (χ4n) is 2.40. The second-order valence-electron chi connectivity index (χ2n) is 5.53. The van der Waals surface area contributed by atoms with Gasteiger partial charge in [-0.1, -0.05) is 12.1 Å². The number of nitrogens with zero attached hydrogens (tertiary/aromatic N) is 1. The number of ether oxygens (including phenoxy) is 1. The summed E-state index contributed by atoms with van der Waals surface area (Å²) in [7, 11) is 0. The van der Waals surface area contributed by atoms with E-state index in [0.29, 0.717) is 25.2 Å². The summed E-state index contributed by atoms with van der Waals surface area (Å²) in [6.07, 6.45) is 0.791. The maximum absolute atomic E-state index is 12.3. The zero-order valence-electron chi connectivity index (χ0n) is 12.0. The van der Waals surface area contributed by atoms with Crippen LogP contribution in [0.15, 0.2) is 24.3 Å². The van der Waals surface area contributed by atoms with Crippen molar-refractivity contribution >= 4 is 11.9 Å². The zero-order chi connectivity index (χ0) is 15.5. The van der Waals surface area contributed by atoms with Gasteiger partial charge in [-0.15, -0.1) is 0 Å². The minimum Gasteiger partial charge on any atom is -0.480 e. The van der Waals surface area contributed by atoms with E-state index in [-0.39, 0.29) is 12.5 Å². The maximum atomic E-state index is 12.3. The van der Waals surface area contributed by atoms with Gasteiger partial charge < -0.3 is 20.5 Å². The summed E-state index contributed by atoms with van der Waals surface area (Å²) >= 11 is 0. The summed E-state index contributed by atoms with van der Waals surface area (Å²) in [4.78, 5) is 24.4. The van der Waals surface area contributed by atoms with Crippen molar-refractivity contribution in [1.29, 1.82) is 0 Å². The first-order chi connectivity index (χ1) is 9.93. The average molecular weight is 292 g/mol. The number of hydrogen-bond acceptors (Lipinski definition) is 4. The van der Waals surface area contributed by atoms with E-state index >= 15 is 0 Å². The van der Waals surface area contributed by atoms with Crippen LogP contribution in [0.3, 0.4) is 0 Å². The largest absolute Gasteiger partial charge is 0.480 e. The van der Waals surface area contributed by atoms with Crippen LogP contribution in [-0.2, 0) is 16.0 Å². The molecule has 1 saturated heterocycles. The normalized spacial score (nSPS) is 16.4. The van der Waals surface area contributed by atoms with Crippen LogP contribution in [0.1, 0.15) is 22.8 Å². The van der Waals surface area contributed by atoms with Gasteiger partial charge in [-0.2, -0.15) is 0 Å². The van der Waals surface area contributed by atoms with Gasteiger partial charge in [0.15, 0.2) is 0 Å². The predicted octanol–water partition coefficient (Wildman–Crippen LogP) is 0.504. The van der Waals surface area contributed by atoms with E-state index in [4.69, 9.17) is 15.6 Å². The van der Waals surface area contributed by atoms with Gasteiger partial charge in [0.1, 0.15) is 12.2 Å². The molecule has 1 aromatic rings. The maximum Gasteiger partial charge on any atom is 0.329 e. The quantitative estimate of drug-likeness (QED) is 0.796. The van der Waals surface area contributed by atoms with E-state index in [0.717, 1.165) is 12.0 Å². The lowest BCUT2D eigenvalue weighted by atomic mass is 9.95. The van der Waals surface area contributed by atoms with Crippen LogP contribution in [0.5, 0.6) is 0 Å². The first-order valence-corrected chi connectivity index (χ1v) is 6.87. The van der Waals surface area contributed by atoms with E-state index in [9.17, 15) is 9.59 Å². The number of aliphatic carboxylic acids is 1. The van der Waals surface area contributed by atoms with Crippen LogP contribution < -0.4 is 5.73 Å². The minimum absolute atomic E-state index is 0.0642. The molecule has 0 saturated carbocycles. The summed E-state index contributed by atoms with van der Waals surface area (Å²) in [5.41, 5.74) is 6.65. The number of carbonyl (C=O) groups excluding carboxylic acids is 1. The first kappa shape index (κ1) is 15.5. The Morgan fingerprint density at radius 3 is 2.48 bits per heavy atom. The Labute approximate surface area is 123 Å². The molecule has 0 bridgehead atoms. The lowest BCUT2D eigenvalue weighted by Crippen LogP contribution is -2.63. The third-order valence-corrected chi connectivity index (χ3v) is 3.52. The van der Waals surface area contributed by atoms with Crippen molar-refractivity contribution in [2.75, 3.05) is 26.2 Å².